The number of hydrogen-bond acceptors (Lipinski definition) is 14. The third-order valence-electron chi connectivity index (χ3n) is 10.3. The van der Waals surface area contributed by atoms with Gasteiger partial charge in [-0.25, -0.2) is 4.98 Å². The Morgan fingerprint density at radius 2 is 1.63 bits per heavy atom. The lowest BCUT2D eigenvalue weighted by Crippen LogP contribution is -2.65. The van der Waals surface area contributed by atoms with Crippen molar-refractivity contribution in [3.8, 4) is 0 Å². The van der Waals surface area contributed by atoms with E-state index in [0.717, 1.165) is 17.4 Å². The lowest BCUT2D eigenvalue weighted by molar-refractivity contribution is -0.383. The van der Waals surface area contributed by atoms with Crippen LogP contribution in [0.4, 0.5) is 11.4 Å². The molecular formula is C43H54N8O12. The van der Waals surface area contributed by atoms with Crippen molar-refractivity contribution in [3.63, 3.8) is 0 Å². The first-order valence-corrected chi connectivity index (χ1v) is 20.6. The molecule has 1 saturated heterocycles. The summed E-state index contributed by atoms with van der Waals surface area (Å²) in [5.74, 6) is -3.29. The number of aliphatic hydroxyl groups excluding tert-OH is 2. The van der Waals surface area contributed by atoms with Crippen molar-refractivity contribution < 1.29 is 53.3 Å². The molecule has 5 rings (SSSR count). The third-order valence-corrected chi connectivity index (χ3v) is 10.3. The summed E-state index contributed by atoms with van der Waals surface area (Å²) >= 11 is 0. The second kappa shape index (κ2) is 23.2. The van der Waals surface area contributed by atoms with E-state index in [1.165, 1.54) is 19.9 Å². The van der Waals surface area contributed by atoms with Crippen molar-refractivity contribution in [2.24, 2.45) is 5.73 Å². The number of unbranched alkanes of at least 4 members (excludes halogenated alkanes) is 2. The highest BCUT2D eigenvalue weighted by Crippen LogP contribution is 2.36. The Bertz CT molecular complexity index is 2230. The Hall–Kier alpha value is -6.32. The minimum Gasteiger partial charge on any atom is -0.394 e. The normalized spacial score (nSPS) is 19.4. The SMILES string of the molecule is CC(=O)N[C@@H]1[C@H](OCc2ccccc2)O[C@@H](CO)[C@@H](O)[C@@H]1OCC(=O)N[C@@H](C)C(=O)N[C@H](CCC(=O)NCCCCCNc1c2ccccc2nc2cccc([N+](=O)[O-])c12)C(N)=O. The van der Waals surface area contributed by atoms with Gasteiger partial charge in [-0.1, -0.05) is 54.6 Å². The number of carbonyl (C=O) groups excluding carboxylic acids is 5. The molecule has 9 N–H and O–H groups in total. The molecule has 0 radical (unpaired) electrons. The molecule has 5 amide bonds. The van der Waals surface area contributed by atoms with Crippen LogP contribution in [0.25, 0.3) is 21.8 Å². The van der Waals surface area contributed by atoms with Gasteiger partial charge in [0, 0.05) is 37.9 Å². The average Bonchev–Trinajstić information content (AvgIpc) is 3.26. The maximum atomic E-state index is 13.0. The van der Waals surface area contributed by atoms with Crippen molar-refractivity contribution in [1.82, 2.24) is 26.3 Å². The number of aliphatic hydroxyl groups is 2. The first-order chi connectivity index (χ1) is 30.3. The van der Waals surface area contributed by atoms with E-state index < -0.39 is 84.5 Å². The van der Waals surface area contributed by atoms with Gasteiger partial charge in [0.25, 0.3) is 5.69 Å². The highest BCUT2D eigenvalue weighted by molar-refractivity contribution is 6.11. The van der Waals surface area contributed by atoms with Crippen LogP contribution in [0.15, 0.2) is 72.8 Å². The molecule has 0 saturated carbocycles. The number of aromatic nitrogens is 1. The van der Waals surface area contributed by atoms with Crippen LogP contribution in [-0.4, -0.2) is 119 Å². The fourth-order valence-electron chi connectivity index (χ4n) is 7.15. The standard InChI is InChI=1S/C43H54N8O12/c1-25(47-35(55)24-61-40-38(48-26(2)53)43(63-33(22-52)39(40)56)62-23-27-12-5-3-6-13-27)42(58)50-31(41(44)57)18-19-34(54)45-20-9-4-10-21-46-37-28-14-7-8-15-29(28)49-30-16-11-17-32(36(30)37)51(59)60/h3,5-8,11-17,25,31,33,38-40,43,52,56H,4,9-10,18-24H2,1-2H3,(H2,44,57)(H,45,54)(H,46,49)(H,47,55)(H,48,53)(H,50,58)/t25-,31+,33-,38-,39+,40+,43+/m0/s1. The van der Waals surface area contributed by atoms with Crippen molar-refractivity contribution in [2.45, 2.75) is 95.3 Å². The molecule has 7 atom stereocenters. The Morgan fingerprint density at radius 3 is 2.35 bits per heavy atom. The molecule has 3 aromatic carbocycles. The maximum Gasteiger partial charge on any atom is 0.280 e. The van der Waals surface area contributed by atoms with Crippen LogP contribution in [0.5, 0.6) is 0 Å². The largest absolute Gasteiger partial charge is 0.394 e. The summed E-state index contributed by atoms with van der Waals surface area (Å²) in [4.78, 5) is 78.9. The number of nitrogens with zero attached hydrogens (tertiary/aromatic N) is 2. The number of fused-ring (bicyclic) bond motifs is 2. The summed E-state index contributed by atoms with van der Waals surface area (Å²) in [6, 6.07) is 17.8. The number of anilines is 1. The summed E-state index contributed by atoms with van der Waals surface area (Å²) < 4.78 is 17.4. The zero-order valence-electron chi connectivity index (χ0n) is 35.0. The molecule has 0 unspecified atom stereocenters. The molecule has 4 aromatic rings. The van der Waals surface area contributed by atoms with E-state index in [1.807, 2.05) is 54.6 Å². The van der Waals surface area contributed by atoms with Crippen LogP contribution in [-0.2, 0) is 44.8 Å². The number of benzene rings is 3. The molecule has 0 aliphatic carbocycles. The van der Waals surface area contributed by atoms with Gasteiger partial charge in [-0.3, -0.25) is 34.1 Å². The van der Waals surface area contributed by atoms with E-state index in [1.54, 1.807) is 12.1 Å². The minimum atomic E-state index is -1.48. The van der Waals surface area contributed by atoms with E-state index in [9.17, 15) is 44.3 Å². The Morgan fingerprint density at radius 1 is 0.921 bits per heavy atom. The van der Waals surface area contributed by atoms with Gasteiger partial charge in [0.1, 0.15) is 48.4 Å². The molecule has 0 bridgehead atoms. The number of non-ortho nitro benzene ring substituents is 1. The molecule has 20 heteroatoms. The molecule has 2 heterocycles. The van der Waals surface area contributed by atoms with Gasteiger partial charge in [-0.15, -0.1) is 0 Å². The van der Waals surface area contributed by atoms with Crippen LogP contribution in [0, 0.1) is 10.1 Å². The number of nitro benzene ring substituents is 1. The van der Waals surface area contributed by atoms with Crippen LogP contribution < -0.4 is 32.3 Å². The topological polar surface area (TPSA) is 296 Å². The highest BCUT2D eigenvalue weighted by atomic mass is 16.7. The number of nitro groups is 1. The van der Waals surface area contributed by atoms with Crippen molar-refractivity contribution >= 4 is 62.7 Å². The predicted molar refractivity (Wildman–Crippen MR) is 230 cm³/mol. The van der Waals surface area contributed by atoms with Crippen molar-refractivity contribution in [1.29, 1.82) is 0 Å². The smallest absolute Gasteiger partial charge is 0.280 e. The minimum absolute atomic E-state index is 0.0389. The molecule has 1 aliphatic rings. The number of carbonyl (C=O) groups is 5. The zero-order valence-corrected chi connectivity index (χ0v) is 35.0. The molecule has 1 fully saturated rings. The molecule has 1 aliphatic heterocycles. The average molecular weight is 875 g/mol. The Labute approximate surface area is 362 Å². The molecule has 20 nitrogen and oxygen atoms in total. The Kier molecular flexibility index (Phi) is 17.6. The number of rotatable bonds is 23. The fourth-order valence-corrected chi connectivity index (χ4v) is 7.15. The second-order valence-electron chi connectivity index (χ2n) is 15.1. The first kappa shape index (κ1) is 47.7. The number of para-hydroxylation sites is 1. The van der Waals surface area contributed by atoms with Gasteiger partial charge < -0.3 is 56.7 Å². The number of hydrogen-bond donors (Lipinski definition) is 8. The number of ether oxygens (including phenoxy) is 3. The molecule has 1 aromatic heterocycles. The third kappa shape index (κ3) is 13.3. The first-order valence-electron chi connectivity index (χ1n) is 20.6. The van der Waals surface area contributed by atoms with Crippen LogP contribution in [0.1, 0.15) is 51.5 Å². The van der Waals surface area contributed by atoms with Gasteiger partial charge >= 0.3 is 0 Å². The van der Waals surface area contributed by atoms with Gasteiger partial charge in [0.15, 0.2) is 6.29 Å². The van der Waals surface area contributed by atoms with Gasteiger partial charge in [0.05, 0.1) is 34.9 Å². The second-order valence-corrected chi connectivity index (χ2v) is 15.1. The predicted octanol–water partition coefficient (Wildman–Crippen LogP) is 1.43. The zero-order chi connectivity index (χ0) is 45.5. The van der Waals surface area contributed by atoms with E-state index in [4.69, 9.17) is 19.9 Å². The number of amides is 5. The summed E-state index contributed by atoms with van der Waals surface area (Å²) in [5, 5.41) is 47.5. The summed E-state index contributed by atoms with van der Waals surface area (Å²) in [5.41, 5.74) is 8.13. The number of nitrogens with one attached hydrogen (secondary N) is 5. The van der Waals surface area contributed by atoms with Crippen LogP contribution in [0.2, 0.25) is 0 Å². The summed E-state index contributed by atoms with van der Waals surface area (Å²) in [7, 11) is 0. The van der Waals surface area contributed by atoms with Crippen LogP contribution in [0.3, 0.4) is 0 Å². The lowest BCUT2D eigenvalue weighted by atomic mass is 9.96. The Balaban J connectivity index is 1.03. The highest BCUT2D eigenvalue weighted by Gasteiger charge is 2.47. The summed E-state index contributed by atoms with van der Waals surface area (Å²) in [6.07, 6.45) is -3.27. The van der Waals surface area contributed by atoms with Gasteiger partial charge in [-0.05, 0) is 50.3 Å². The number of nitrogens with two attached hydrogens (primary N) is 1. The van der Waals surface area contributed by atoms with E-state index >= 15 is 0 Å². The monoisotopic (exact) mass is 874 g/mol. The molecule has 0 spiro atoms. The fraction of sp³-hybridized carbons (Fsp3) is 0.442. The molecule has 63 heavy (non-hydrogen) atoms. The number of primary amides is 1. The van der Waals surface area contributed by atoms with E-state index in [-0.39, 0.29) is 31.0 Å². The molecular weight excluding hydrogens is 821 g/mol. The van der Waals surface area contributed by atoms with E-state index in [0.29, 0.717) is 48.0 Å². The van der Waals surface area contributed by atoms with Gasteiger partial charge in [-0.2, -0.15) is 0 Å². The van der Waals surface area contributed by atoms with Crippen molar-refractivity contribution in [3.05, 3.63) is 88.5 Å². The quantitative estimate of drug-likeness (QED) is 0.0227. The van der Waals surface area contributed by atoms with Crippen LogP contribution >= 0.6 is 0 Å². The van der Waals surface area contributed by atoms with Crippen molar-refractivity contribution in [2.75, 3.05) is 31.6 Å². The van der Waals surface area contributed by atoms with Gasteiger partial charge in [0.2, 0.25) is 29.5 Å². The maximum absolute atomic E-state index is 13.0. The molecule has 338 valence electrons. The lowest BCUT2D eigenvalue weighted by Gasteiger charge is -2.44. The van der Waals surface area contributed by atoms with E-state index in [2.05, 4.69) is 31.6 Å². The summed E-state index contributed by atoms with van der Waals surface area (Å²) in [6.45, 7) is 2.23. The number of pyridine rings is 1.